The van der Waals surface area contributed by atoms with Crippen molar-refractivity contribution in [2.75, 3.05) is 6.61 Å². The van der Waals surface area contributed by atoms with Crippen LogP contribution in [-0.4, -0.2) is 24.5 Å². The van der Waals surface area contributed by atoms with E-state index in [0.717, 1.165) is 25.7 Å². The van der Waals surface area contributed by atoms with E-state index < -0.39 is 17.9 Å². The van der Waals surface area contributed by atoms with Crippen LogP contribution in [0.5, 0.6) is 11.5 Å². The zero-order valence-corrected chi connectivity index (χ0v) is 18.6. The maximum atomic E-state index is 12.5. The fourth-order valence-corrected chi connectivity index (χ4v) is 3.05. The first kappa shape index (κ1) is 23.8. The highest BCUT2D eigenvalue weighted by Gasteiger charge is 2.18. The second-order valence-electron chi connectivity index (χ2n) is 6.68. The maximum Gasteiger partial charge on any atom is 0.279 e. The second kappa shape index (κ2) is 12.3. The third-order valence-electron chi connectivity index (χ3n) is 4.25. The number of carbonyl (C=O) groups is 2. The van der Waals surface area contributed by atoms with Crippen LogP contribution in [0.1, 0.15) is 49.9 Å². The van der Waals surface area contributed by atoms with Gasteiger partial charge in [-0.05, 0) is 43.7 Å². The first-order chi connectivity index (χ1) is 14.4. The van der Waals surface area contributed by atoms with Gasteiger partial charge in [0.05, 0.1) is 17.2 Å². The molecule has 2 aromatic carbocycles. The molecular formula is C22H26Cl2N2O4. The Labute approximate surface area is 186 Å². The summed E-state index contributed by atoms with van der Waals surface area (Å²) in [5.74, 6) is -0.230. The standard InChI is InChI=1S/C22H26Cl2N2O4/c1-3-4-5-8-13-29-19-10-7-6-9-17(19)22(28)26-25-21(27)15(2)30-20-12-11-16(23)14-18(20)24/h6-7,9-12,14-15H,3-5,8,13H2,1-2H3,(H,25,27)(H,26,28). The van der Waals surface area contributed by atoms with Crippen LogP contribution in [0.2, 0.25) is 10.0 Å². The van der Waals surface area contributed by atoms with Crippen LogP contribution < -0.4 is 20.3 Å². The smallest absolute Gasteiger partial charge is 0.279 e. The number of nitrogens with one attached hydrogen (secondary N) is 2. The number of benzene rings is 2. The number of carbonyl (C=O) groups excluding carboxylic acids is 2. The third kappa shape index (κ3) is 7.43. The van der Waals surface area contributed by atoms with Gasteiger partial charge in [0.15, 0.2) is 6.10 Å². The summed E-state index contributed by atoms with van der Waals surface area (Å²) in [6.07, 6.45) is 3.40. The van der Waals surface area contributed by atoms with Gasteiger partial charge in [-0.15, -0.1) is 0 Å². The minimum Gasteiger partial charge on any atom is -0.493 e. The molecule has 0 saturated heterocycles. The molecule has 162 valence electrons. The minimum atomic E-state index is -0.894. The normalized spacial score (nSPS) is 11.5. The number of hydrazine groups is 1. The number of rotatable bonds is 10. The van der Waals surface area contributed by atoms with Gasteiger partial charge in [-0.25, -0.2) is 0 Å². The second-order valence-corrected chi connectivity index (χ2v) is 7.53. The zero-order chi connectivity index (χ0) is 21.9. The molecule has 6 nitrogen and oxygen atoms in total. The lowest BCUT2D eigenvalue weighted by atomic mass is 10.2. The van der Waals surface area contributed by atoms with Crippen molar-refractivity contribution < 1.29 is 19.1 Å². The van der Waals surface area contributed by atoms with Gasteiger partial charge in [0.1, 0.15) is 11.5 Å². The molecule has 0 radical (unpaired) electrons. The van der Waals surface area contributed by atoms with Crippen LogP contribution in [0.15, 0.2) is 42.5 Å². The van der Waals surface area contributed by atoms with Crippen molar-refractivity contribution in [3.8, 4) is 11.5 Å². The van der Waals surface area contributed by atoms with Crippen LogP contribution in [0.3, 0.4) is 0 Å². The van der Waals surface area contributed by atoms with Gasteiger partial charge in [-0.1, -0.05) is 61.5 Å². The fraction of sp³-hybridized carbons (Fsp3) is 0.364. The van der Waals surface area contributed by atoms with Crippen molar-refractivity contribution in [3.63, 3.8) is 0 Å². The van der Waals surface area contributed by atoms with E-state index in [0.29, 0.717) is 28.7 Å². The third-order valence-corrected chi connectivity index (χ3v) is 4.78. The molecular weight excluding hydrogens is 427 g/mol. The highest BCUT2D eigenvalue weighted by atomic mass is 35.5. The number of halogens is 2. The van der Waals surface area contributed by atoms with Crippen molar-refractivity contribution in [2.45, 2.75) is 45.6 Å². The van der Waals surface area contributed by atoms with Crippen molar-refractivity contribution in [3.05, 3.63) is 58.1 Å². The first-order valence-electron chi connectivity index (χ1n) is 9.86. The van der Waals surface area contributed by atoms with Crippen LogP contribution in [0, 0.1) is 0 Å². The summed E-state index contributed by atoms with van der Waals surface area (Å²) in [5.41, 5.74) is 5.08. The predicted molar refractivity (Wildman–Crippen MR) is 118 cm³/mol. The molecule has 2 N–H and O–H groups in total. The molecule has 0 bridgehead atoms. The molecule has 2 amide bonds. The van der Waals surface area contributed by atoms with Crippen molar-refractivity contribution in [2.24, 2.45) is 0 Å². The minimum absolute atomic E-state index is 0.288. The summed E-state index contributed by atoms with van der Waals surface area (Å²) in [5, 5.41) is 0.749. The lowest BCUT2D eigenvalue weighted by Crippen LogP contribution is -2.47. The number of hydrogen-bond donors (Lipinski definition) is 2. The predicted octanol–water partition coefficient (Wildman–Crippen LogP) is 5.18. The molecule has 2 rings (SSSR count). The van der Waals surface area contributed by atoms with E-state index in [1.165, 1.54) is 6.07 Å². The van der Waals surface area contributed by atoms with Gasteiger partial charge in [0, 0.05) is 5.02 Å². The lowest BCUT2D eigenvalue weighted by molar-refractivity contribution is -0.128. The first-order valence-corrected chi connectivity index (χ1v) is 10.6. The highest BCUT2D eigenvalue weighted by molar-refractivity contribution is 6.35. The Bertz CT molecular complexity index is 861. The molecule has 2 aromatic rings. The Hall–Kier alpha value is -2.44. The molecule has 0 aliphatic rings. The molecule has 1 atom stereocenters. The molecule has 0 spiro atoms. The van der Waals surface area contributed by atoms with Gasteiger partial charge >= 0.3 is 0 Å². The summed E-state index contributed by atoms with van der Waals surface area (Å²) >= 11 is 11.9. The number of hydrogen-bond acceptors (Lipinski definition) is 4. The van der Waals surface area contributed by atoms with E-state index >= 15 is 0 Å². The van der Waals surface area contributed by atoms with Crippen LogP contribution in [-0.2, 0) is 4.79 Å². The number of ether oxygens (including phenoxy) is 2. The van der Waals surface area contributed by atoms with Crippen LogP contribution in [0.4, 0.5) is 0 Å². The van der Waals surface area contributed by atoms with Gasteiger partial charge in [-0.3, -0.25) is 20.4 Å². The van der Waals surface area contributed by atoms with E-state index in [9.17, 15) is 9.59 Å². The number of amides is 2. The maximum absolute atomic E-state index is 12.5. The zero-order valence-electron chi connectivity index (χ0n) is 17.0. The summed E-state index contributed by atoms with van der Waals surface area (Å²) in [4.78, 5) is 24.8. The molecule has 0 heterocycles. The number of para-hydroxylation sites is 1. The molecule has 0 aliphatic carbocycles. The molecule has 0 saturated carbocycles. The SMILES string of the molecule is CCCCCCOc1ccccc1C(=O)NNC(=O)C(C)Oc1ccc(Cl)cc1Cl. The summed E-state index contributed by atoms with van der Waals surface area (Å²) < 4.78 is 11.3. The van der Waals surface area contributed by atoms with Gasteiger partial charge in [0.2, 0.25) is 0 Å². The molecule has 0 aromatic heterocycles. The van der Waals surface area contributed by atoms with Crippen molar-refractivity contribution >= 4 is 35.0 Å². The van der Waals surface area contributed by atoms with Crippen LogP contribution >= 0.6 is 23.2 Å². The van der Waals surface area contributed by atoms with Crippen molar-refractivity contribution in [1.82, 2.24) is 10.9 Å². The van der Waals surface area contributed by atoms with Crippen LogP contribution in [0.25, 0.3) is 0 Å². The number of unbranched alkanes of at least 4 members (excludes halogenated alkanes) is 3. The fourth-order valence-electron chi connectivity index (χ4n) is 2.59. The Morgan fingerprint density at radius 2 is 1.77 bits per heavy atom. The summed E-state index contributed by atoms with van der Waals surface area (Å²) in [6, 6.07) is 11.6. The Morgan fingerprint density at radius 1 is 1.00 bits per heavy atom. The highest BCUT2D eigenvalue weighted by Crippen LogP contribution is 2.28. The Morgan fingerprint density at radius 3 is 2.50 bits per heavy atom. The topological polar surface area (TPSA) is 76.7 Å². The molecule has 0 fully saturated rings. The molecule has 30 heavy (non-hydrogen) atoms. The van der Waals surface area contributed by atoms with Gasteiger partial charge in [-0.2, -0.15) is 0 Å². The quantitative estimate of drug-likeness (QED) is 0.384. The van der Waals surface area contributed by atoms with E-state index in [2.05, 4.69) is 17.8 Å². The summed E-state index contributed by atoms with van der Waals surface area (Å²) in [7, 11) is 0. The molecule has 0 aliphatic heterocycles. The van der Waals surface area contributed by atoms with E-state index in [-0.39, 0.29) is 5.02 Å². The Kier molecular flexibility index (Phi) is 9.77. The lowest BCUT2D eigenvalue weighted by Gasteiger charge is -2.16. The summed E-state index contributed by atoms with van der Waals surface area (Å²) in [6.45, 7) is 4.22. The average molecular weight is 453 g/mol. The largest absolute Gasteiger partial charge is 0.493 e. The van der Waals surface area contributed by atoms with E-state index in [4.69, 9.17) is 32.7 Å². The molecule has 1 unspecified atom stereocenters. The van der Waals surface area contributed by atoms with Gasteiger partial charge < -0.3 is 9.47 Å². The average Bonchev–Trinajstić information content (AvgIpc) is 2.73. The molecule has 8 heteroatoms. The Balaban J connectivity index is 1.88. The van der Waals surface area contributed by atoms with Crippen molar-refractivity contribution in [1.29, 1.82) is 0 Å². The monoisotopic (exact) mass is 452 g/mol. The van der Waals surface area contributed by atoms with E-state index in [1.807, 2.05) is 0 Å². The van der Waals surface area contributed by atoms with E-state index in [1.54, 1.807) is 43.3 Å². The van der Waals surface area contributed by atoms with Gasteiger partial charge in [0.25, 0.3) is 11.8 Å².